The van der Waals surface area contributed by atoms with E-state index < -0.39 is 0 Å². The third-order valence-electron chi connectivity index (χ3n) is 3.49. The Hall–Kier alpha value is -1.46. The Bertz CT molecular complexity index is 668. The van der Waals surface area contributed by atoms with Crippen molar-refractivity contribution in [1.29, 1.82) is 0 Å². The normalized spacial score (nSPS) is 18.0. The summed E-state index contributed by atoms with van der Waals surface area (Å²) in [6, 6.07) is 7.68. The molecule has 0 aliphatic carbocycles. The number of rotatable bonds is 3. The van der Waals surface area contributed by atoms with Gasteiger partial charge in [0.2, 0.25) is 5.91 Å². The summed E-state index contributed by atoms with van der Waals surface area (Å²) < 4.78 is 1.76. The topological polar surface area (TPSA) is 38.1 Å². The second-order valence-corrected chi connectivity index (χ2v) is 6.69. The van der Waals surface area contributed by atoms with E-state index >= 15 is 0 Å². The number of nitrogens with zero attached hydrogens (tertiary/aromatic N) is 3. The van der Waals surface area contributed by atoms with E-state index in [0.717, 1.165) is 16.3 Å². The molecule has 1 aliphatic heterocycles. The van der Waals surface area contributed by atoms with Gasteiger partial charge in [-0.15, -0.1) is 11.8 Å². The molecule has 0 spiro atoms. The molecule has 0 radical (unpaired) electrons. The lowest BCUT2D eigenvalue weighted by Crippen LogP contribution is -2.41. The summed E-state index contributed by atoms with van der Waals surface area (Å²) in [7, 11) is 1.88. The fourth-order valence-electron chi connectivity index (χ4n) is 2.48. The standard InChI is InChI=1S/C15H16ClN3OS/c1-3-19-14-13(9-18(2)17-14)21-12(15(19)20)8-10-4-6-11(16)7-5-10/h4-7,9,12H,3,8H2,1-2H3. The molecule has 1 aliphatic rings. The molecule has 0 saturated carbocycles. The SMILES string of the molecule is CCN1C(=O)C(Cc2ccc(Cl)cc2)Sc2cn(C)nc21. The molecule has 6 heteroatoms. The third kappa shape index (κ3) is 2.80. The molecule has 3 rings (SSSR count). The molecular weight excluding hydrogens is 306 g/mol. The molecule has 1 atom stereocenters. The number of carbonyl (C=O) groups is 1. The van der Waals surface area contributed by atoms with E-state index in [1.54, 1.807) is 21.3 Å². The predicted octanol–water partition coefficient (Wildman–Crippen LogP) is 3.14. The van der Waals surface area contributed by atoms with Crippen LogP contribution in [0.3, 0.4) is 0 Å². The van der Waals surface area contributed by atoms with Crippen LogP contribution in [0, 0.1) is 0 Å². The summed E-state index contributed by atoms with van der Waals surface area (Å²) in [5.74, 6) is 0.908. The van der Waals surface area contributed by atoms with Crippen LogP contribution in [0.4, 0.5) is 5.82 Å². The maximum atomic E-state index is 12.6. The van der Waals surface area contributed by atoms with Gasteiger partial charge in [0, 0.05) is 24.8 Å². The van der Waals surface area contributed by atoms with Crippen LogP contribution in [-0.2, 0) is 18.3 Å². The van der Waals surface area contributed by atoms with Crippen molar-refractivity contribution in [2.75, 3.05) is 11.4 Å². The molecule has 4 nitrogen and oxygen atoms in total. The fourth-order valence-corrected chi connectivity index (χ4v) is 3.88. The van der Waals surface area contributed by atoms with Crippen LogP contribution in [0.1, 0.15) is 12.5 Å². The van der Waals surface area contributed by atoms with Crippen molar-refractivity contribution >= 4 is 35.1 Å². The van der Waals surface area contributed by atoms with Gasteiger partial charge < -0.3 is 0 Å². The van der Waals surface area contributed by atoms with E-state index in [1.165, 1.54) is 0 Å². The molecule has 1 amide bonds. The maximum absolute atomic E-state index is 12.6. The fraction of sp³-hybridized carbons (Fsp3) is 0.333. The monoisotopic (exact) mass is 321 g/mol. The molecule has 2 aromatic rings. The van der Waals surface area contributed by atoms with E-state index in [1.807, 2.05) is 44.4 Å². The van der Waals surface area contributed by atoms with Gasteiger partial charge in [-0.3, -0.25) is 14.4 Å². The van der Waals surface area contributed by atoms with Gasteiger partial charge >= 0.3 is 0 Å². The van der Waals surface area contributed by atoms with Crippen molar-refractivity contribution < 1.29 is 4.79 Å². The Kier molecular flexibility index (Phi) is 3.95. The van der Waals surface area contributed by atoms with Crippen LogP contribution in [0.5, 0.6) is 0 Å². The number of carbonyl (C=O) groups excluding carboxylic acids is 1. The minimum Gasteiger partial charge on any atom is -0.294 e. The van der Waals surface area contributed by atoms with E-state index in [9.17, 15) is 4.79 Å². The Morgan fingerprint density at radius 3 is 2.71 bits per heavy atom. The average molecular weight is 322 g/mol. The van der Waals surface area contributed by atoms with E-state index in [2.05, 4.69) is 5.10 Å². The molecule has 110 valence electrons. The summed E-state index contributed by atoms with van der Waals surface area (Å²) >= 11 is 7.50. The Balaban J connectivity index is 1.87. The number of fused-ring (bicyclic) bond motifs is 1. The molecule has 0 fully saturated rings. The number of aryl methyl sites for hydroxylation is 1. The summed E-state index contributed by atoms with van der Waals surface area (Å²) in [5.41, 5.74) is 1.12. The van der Waals surface area contributed by atoms with Gasteiger partial charge in [-0.05, 0) is 31.0 Å². The van der Waals surface area contributed by atoms with Crippen molar-refractivity contribution in [3.8, 4) is 0 Å². The second kappa shape index (κ2) is 5.73. The molecule has 0 saturated heterocycles. The number of amides is 1. The molecule has 21 heavy (non-hydrogen) atoms. The molecule has 0 N–H and O–H groups in total. The first-order valence-electron chi connectivity index (χ1n) is 6.84. The van der Waals surface area contributed by atoms with Crippen molar-refractivity contribution in [2.45, 2.75) is 23.5 Å². The van der Waals surface area contributed by atoms with Crippen molar-refractivity contribution in [3.05, 3.63) is 41.0 Å². The number of hydrogen-bond acceptors (Lipinski definition) is 3. The Labute approximate surface area is 133 Å². The van der Waals surface area contributed by atoms with Gasteiger partial charge in [0.05, 0.1) is 10.1 Å². The first-order valence-corrected chi connectivity index (χ1v) is 8.10. The Morgan fingerprint density at radius 1 is 1.33 bits per heavy atom. The molecule has 1 aromatic heterocycles. The summed E-state index contributed by atoms with van der Waals surface area (Å²) in [6.45, 7) is 2.62. The van der Waals surface area contributed by atoms with Crippen molar-refractivity contribution in [2.24, 2.45) is 7.05 Å². The smallest absolute Gasteiger partial charge is 0.242 e. The zero-order valence-corrected chi connectivity index (χ0v) is 13.5. The van der Waals surface area contributed by atoms with Crippen LogP contribution >= 0.6 is 23.4 Å². The number of benzene rings is 1. The number of hydrogen-bond donors (Lipinski definition) is 0. The lowest BCUT2D eigenvalue weighted by atomic mass is 10.1. The first kappa shape index (κ1) is 14.5. The number of aromatic nitrogens is 2. The first-order chi connectivity index (χ1) is 10.1. The van der Waals surface area contributed by atoms with Crippen LogP contribution < -0.4 is 4.90 Å². The molecule has 2 heterocycles. The maximum Gasteiger partial charge on any atom is 0.242 e. The highest BCUT2D eigenvalue weighted by atomic mass is 35.5. The van der Waals surface area contributed by atoms with Crippen LogP contribution in [0.15, 0.2) is 35.4 Å². The molecule has 1 unspecified atom stereocenters. The summed E-state index contributed by atoms with van der Waals surface area (Å²) in [5, 5.41) is 5.00. The van der Waals surface area contributed by atoms with E-state index in [4.69, 9.17) is 11.6 Å². The highest BCUT2D eigenvalue weighted by Crippen LogP contribution is 2.39. The molecular formula is C15H16ClN3OS. The van der Waals surface area contributed by atoms with Gasteiger partial charge in [0.25, 0.3) is 0 Å². The van der Waals surface area contributed by atoms with Crippen molar-refractivity contribution in [1.82, 2.24) is 9.78 Å². The minimum atomic E-state index is -0.108. The third-order valence-corrected chi connectivity index (χ3v) is 4.94. The predicted molar refractivity (Wildman–Crippen MR) is 86.0 cm³/mol. The minimum absolute atomic E-state index is 0.108. The van der Waals surface area contributed by atoms with Crippen LogP contribution in [-0.4, -0.2) is 27.5 Å². The van der Waals surface area contributed by atoms with Crippen LogP contribution in [0.25, 0.3) is 0 Å². The highest BCUT2D eigenvalue weighted by molar-refractivity contribution is 8.01. The quantitative estimate of drug-likeness (QED) is 0.871. The number of halogens is 1. The second-order valence-electron chi connectivity index (χ2n) is 5.01. The van der Waals surface area contributed by atoms with Crippen molar-refractivity contribution in [3.63, 3.8) is 0 Å². The Morgan fingerprint density at radius 2 is 2.05 bits per heavy atom. The van der Waals surface area contributed by atoms with E-state index in [-0.39, 0.29) is 11.2 Å². The highest BCUT2D eigenvalue weighted by Gasteiger charge is 2.34. The van der Waals surface area contributed by atoms with Gasteiger partial charge in [-0.2, -0.15) is 5.10 Å². The zero-order chi connectivity index (χ0) is 15.0. The molecule has 0 bridgehead atoms. The molecule has 1 aromatic carbocycles. The van der Waals surface area contributed by atoms with Gasteiger partial charge in [0.1, 0.15) is 0 Å². The largest absolute Gasteiger partial charge is 0.294 e. The average Bonchev–Trinajstić information content (AvgIpc) is 2.82. The van der Waals surface area contributed by atoms with E-state index in [0.29, 0.717) is 18.0 Å². The lowest BCUT2D eigenvalue weighted by Gasteiger charge is -2.29. The summed E-state index contributed by atoms with van der Waals surface area (Å²) in [4.78, 5) is 15.5. The van der Waals surface area contributed by atoms with Gasteiger partial charge in [-0.1, -0.05) is 23.7 Å². The number of anilines is 1. The summed E-state index contributed by atoms with van der Waals surface area (Å²) in [6.07, 6.45) is 2.68. The zero-order valence-electron chi connectivity index (χ0n) is 11.9. The number of thioether (sulfide) groups is 1. The van der Waals surface area contributed by atoms with Gasteiger partial charge in [-0.25, -0.2) is 0 Å². The van der Waals surface area contributed by atoms with Crippen LogP contribution in [0.2, 0.25) is 5.02 Å². The van der Waals surface area contributed by atoms with Gasteiger partial charge in [0.15, 0.2) is 5.82 Å². The lowest BCUT2D eigenvalue weighted by molar-refractivity contribution is -0.118.